The number of carbonyl (C=O) groups excluding carboxylic acids is 2. The highest BCUT2D eigenvalue weighted by atomic mass is 16.6. The van der Waals surface area contributed by atoms with Crippen molar-refractivity contribution in [2.75, 3.05) is 37.0 Å². The second kappa shape index (κ2) is 13.0. The molecular weight excluding hydrogens is 480 g/mol. The third-order valence-corrected chi connectivity index (χ3v) is 5.26. The number of amides is 1. The van der Waals surface area contributed by atoms with Gasteiger partial charge < -0.3 is 24.8 Å². The molecule has 3 aromatic rings. The number of hydrogen-bond donors (Lipinski definition) is 2. The number of ether oxygens (including phenoxy) is 3. The van der Waals surface area contributed by atoms with Crippen molar-refractivity contribution < 1.29 is 23.8 Å². The van der Waals surface area contributed by atoms with Gasteiger partial charge in [0.15, 0.2) is 18.9 Å². The summed E-state index contributed by atoms with van der Waals surface area (Å²) in [5.74, 6) is -0.500. The summed E-state index contributed by atoms with van der Waals surface area (Å²) in [6.07, 6.45) is 0.483. The van der Waals surface area contributed by atoms with Crippen LogP contribution in [0.4, 0.5) is 11.5 Å². The van der Waals surface area contributed by atoms with Crippen LogP contribution in [0, 0.1) is 0 Å². The largest absolute Gasteiger partial charge is 0.494 e. The summed E-state index contributed by atoms with van der Waals surface area (Å²) < 4.78 is 17.0. The second-order valence-corrected chi connectivity index (χ2v) is 7.96. The van der Waals surface area contributed by atoms with Gasteiger partial charge in [0.2, 0.25) is 0 Å². The topological polar surface area (TPSA) is 146 Å². The first kappa shape index (κ1) is 27.1. The minimum absolute atomic E-state index is 0.0985. The maximum absolute atomic E-state index is 13.0. The van der Waals surface area contributed by atoms with Gasteiger partial charge in [0, 0.05) is 6.54 Å². The van der Waals surface area contributed by atoms with Crippen molar-refractivity contribution >= 4 is 23.4 Å². The zero-order valence-corrected chi connectivity index (χ0v) is 20.8. The van der Waals surface area contributed by atoms with Gasteiger partial charge in [-0.05, 0) is 43.2 Å². The fourth-order valence-corrected chi connectivity index (χ4v) is 3.55. The van der Waals surface area contributed by atoms with Gasteiger partial charge >= 0.3 is 11.7 Å². The van der Waals surface area contributed by atoms with E-state index in [9.17, 15) is 19.2 Å². The lowest BCUT2D eigenvalue weighted by molar-refractivity contribution is -0.149. The number of aromatic amines is 1. The van der Waals surface area contributed by atoms with E-state index in [4.69, 9.17) is 19.9 Å². The first-order chi connectivity index (χ1) is 17.8. The predicted octanol–water partition coefficient (Wildman–Crippen LogP) is 1.93. The van der Waals surface area contributed by atoms with Crippen LogP contribution in [0.5, 0.6) is 11.5 Å². The first-order valence-corrected chi connectivity index (χ1v) is 11.8. The Bertz CT molecular complexity index is 1320. The number of nitrogens with two attached hydrogens (primary N) is 1. The number of nitrogen functional groups attached to an aromatic ring is 1. The van der Waals surface area contributed by atoms with Crippen molar-refractivity contribution in [1.82, 2.24) is 9.55 Å². The summed E-state index contributed by atoms with van der Waals surface area (Å²) in [6, 6.07) is 15.8. The van der Waals surface area contributed by atoms with E-state index in [1.54, 1.807) is 43.3 Å². The predicted molar refractivity (Wildman–Crippen MR) is 138 cm³/mol. The molecule has 0 radical (unpaired) electrons. The van der Waals surface area contributed by atoms with E-state index in [-0.39, 0.29) is 24.6 Å². The number of hydrogen-bond acceptors (Lipinski definition) is 8. The zero-order chi connectivity index (χ0) is 26.8. The summed E-state index contributed by atoms with van der Waals surface area (Å²) in [6.45, 7) is 3.37. The van der Waals surface area contributed by atoms with Crippen molar-refractivity contribution in [2.45, 2.75) is 26.8 Å². The monoisotopic (exact) mass is 510 g/mol. The lowest BCUT2D eigenvalue weighted by Gasteiger charge is -2.24. The molecule has 0 saturated carbocycles. The Morgan fingerprint density at radius 3 is 2.22 bits per heavy atom. The van der Waals surface area contributed by atoms with E-state index in [1.807, 2.05) is 25.1 Å². The Labute approximate surface area is 213 Å². The molecule has 0 aliphatic heterocycles. The number of esters is 1. The molecule has 11 nitrogen and oxygen atoms in total. The summed E-state index contributed by atoms with van der Waals surface area (Å²) in [5, 5.41) is 0. The van der Waals surface area contributed by atoms with E-state index in [2.05, 4.69) is 4.98 Å². The highest BCUT2D eigenvalue weighted by molar-refractivity contribution is 5.97. The number of rotatable bonds is 12. The fourth-order valence-electron chi connectivity index (χ4n) is 3.55. The Hall–Kier alpha value is -4.54. The number of anilines is 2. The summed E-state index contributed by atoms with van der Waals surface area (Å²) >= 11 is 0. The van der Waals surface area contributed by atoms with Crippen LogP contribution >= 0.6 is 0 Å². The van der Waals surface area contributed by atoms with Crippen molar-refractivity contribution in [3.05, 3.63) is 81.0 Å². The van der Waals surface area contributed by atoms with Crippen LogP contribution in [0.1, 0.15) is 25.8 Å². The molecule has 0 aliphatic rings. The number of aromatic nitrogens is 2. The molecule has 196 valence electrons. The molecule has 0 spiro atoms. The van der Waals surface area contributed by atoms with Gasteiger partial charge in [0.05, 0.1) is 13.2 Å². The molecule has 0 aliphatic carbocycles. The Morgan fingerprint density at radius 2 is 1.59 bits per heavy atom. The molecule has 3 N–H and O–H groups in total. The van der Waals surface area contributed by atoms with E-state index in [1.165, 1.54) is 4.57 Å². The van der Waals surface area contributed by atoms with E-state index >= 15 is 0 Å². The van der Waals surface area contributed by atoms with E-state index in [0.29, 0.717) is 24.5 Å². The van der Waals surface area contributed by atoms with E-state index < -0.39 is 36.3 Å². The molecule has 0 saturated heterocycles. The third kappa shape index (κ3) is 7.23. The average molecular weight is 511 g/mol. The molecule has 1 aromatic heterocycles. The fraction of sp³-hybridized carbons (Fsp3) is 0.308. The van der Waals surface area contributed by atoms with Crippen LogP contribution < -0.4 is 31.4 Å². The Balaban J connectivity index is 1.69. The van der Waals surface area contributed by atoms with Gasteiger partial charge in [-0.15, -0.1) is 0 Å². The molecule has 3 rings (SSSR count). The van der Waals surface area contributed by atoms with Gasteiger partial charge in [-0.1, -0.05) is 37.3 Å². The number of nitrogens with zero attached hydrogens (tertiary/aromatic N) is 2. The second-order valence-electron chi connectivity index (χ2n) is 7.96. The smallest absolute Gasteiger partial charge is 0.344 e. The molecule has 0 bridgehead atoms. The standard InChI is InChI=1S/C26H30N4O7/c1-3-14-29(21(31)16-37-22(32)17-36-20-12-10-19(11-13-20)35-4-2)23-24(27)30(26(34)28-25(23)33)15-18-8-6-5-7-9-18/h5-13H,3-4,14-17,27H2,1-2H3,(H,28,33,34). The molecule has 2 aromatic carbocycles. The minimum atomic E-state index is -0.807. The molecule has 0 unspecified atom stereocenters. The van der Waals surface area contributed by atoms with Crippen LogP contribution in [-0.2, 0) is 20.9 Å². The van der Waals surface area contributed by atoms with E-state index in [0.717, 1.165) is 10.5 Å². The summed E-state index contributed by atoms with van der Waals surface area (Å²) in [7, 11) is 0. The highest BCUT2D eigenvalue weighted by Gasteiger charge is 2.24. The van der Waals surface area contributed by atoms with Gasteiger partial charge in [0.1, 0.15) is 17.3 Å². The molecule has 11 heteroatoms. The van der Waals surface area contributed by atoms with Crippen LogP contribution in [0.2, 0.25) is 0 Å². The van der Waals surface area contributed by atoms with Crippen LogP contribution in [0.3, 0.4) is 0 Å². The SMILES string of the molecule is CCCN(C(=O)COC(=O)COc1ccc(OCC)cc1)c1c(N)n(Cc2ccccc2)c(=O)[nH]c1=O. The van der Waals surface area contributed by atoms with Crippen LogP contribution in [-0.4, -0.2) is 47.8 Å². The van der Waals surface area contributed by atoms with Crippen molar-refractivity contribution in [3.63, 3.8) is 0 Å². The highest BCUT2D eigenvalue weighted by Crippen LogP contribution is 2.19. The van der Waals surface area contributed by atoms with Gasteiger partial charge in [-0.2, -0.15) is 0 Å². The summed E-state index contributed by atoms with van der Waals surface area (Å²) in [5.41, 5.74) is 5.31. The molecule has 1 amide bonds. The van der Waals surface area contributed by atoms with Gasteiger partial charge in [-0.3, -0.25) is 19.1 Å². The van der Waals surface area contributed by atoms with Crippen LogP contribution in [0.25, 0.3) is 0 Å². The quantitative estimate of drug-likeness (QED) is 0.352. The van der Waals surface area contributed by atoms with Crippen molar-refractivity contribution in [2.24, 2.45) is 0 Å². The normalized spacial score (nSPS) is 10.5. The zero-order valence-electron chi connectivity index (χ0n) is 20.8. The molecular formula is C26H30N4O7. The maximum atomic E-state index is 13.0. The van der Waals surface area contributed by atoms with Crippen molar-refractivity contribution in [1.29, 1.82) is 0 Å². The minimum Gasteiger partial charge on any atom is -0.494 e. The van der Waals surface area contributed by atoms with Gasteiger partial charge in [0.25, 0.3) is 11.5 Å². The Morgan fingerprint density at radius 1 is 0.946 bits per heavy atom. The first-order valence-electron chi connectivity index (χ1n) is 11.8. The third-order valence-electron chi connectivity index (χ3n) is 5.26. The van der Waals surface area contributed by atoms with Crippen molar-refractivity contribution in [3.8, 4) is 11.5 Å². The molecule has 37 heavy (non-hydrogen) atoms. The maximum Gasteiger partial charge on any atom is 0.344 e. The number of benzene rings is 2. The molecule has 1 heterocycles. The van der Waals surface area contributed by atoms with Crippen LogP contribution in [0.15, 0.2) is 64.2 Å². The summed E-state index contributed by atoms with van der Waals surface area (Å²) in [4.78, 5) is 53.6. The lowest BCUT2D eigenvalue weighted by Crippen LogP contribution is -2.43. The molecule has 0 atom stereocenters. The molecule has 0 fully saturated rings. The average Bonchev–Trinajstić information content (AvgIpc) is 2.89. The number of H-pyrrole nitrogens is 1. The Kier molecular flexibility index (Phi) is 9.48. The lowest BCUT2D eigenvalue weighted by atomic mass is 10.2. The van der Waals surface area contributed by atoms with Gasteiger partial charge in [-0.25, -0.2) is 9.59 Å². The number of carbonyl (C=O) groups is 2. The number of nitrogens with one attached hydrogen (secondary N) is 1.